The number of amides is 1. The van der Waals surface area contributed by atoms with Crippen molar-refractivity contribution in [1.29, 1.82) is 0 Å². The Morgan fingerprint density at radius 3 is 2.58 bits per heavy atom. The third-order valence-electron chi connectivity index (χ3n) is 2.91. The highest BCUT2D eigenvalue weighted by molar-refractivity contribution is 5.71. The summed E-state index contributed by atoms with van der Waals surface area (Å²) in [7, 11) is 0. The Balaban J connectivity index is 2.20. The number of carbonyl (C=O) groups excluding carboxylic acids is 1. The highest BCUT2D eigenvalue weighted by Gasteiger charge is 2.22. The summed E-state index contributed by atoms with van der Waals surface area (Å²) in [6, 6.07) is 4.58. The fourth-order valence-corrected chi connectivity index (χ4v) is 1.90. The van der Waals surface area contributed by atoms with Crippen molar-refractivity contribution in [3.63, 3.8) is 0 Å². The maximum Gasteiger partial charge on any atom is 0.413 e. The van der Waals surface area contributed by atoms with E-state index in [1.165, 1.54) is 24.4 Å². The molecular weight excluding hydrogens is 347 g/mol. The molecule has 9 nitrogen and oxygen atoms in total. The second-order valence-electron chi connectivity index (χ2n) is 6.26. The molecule has 1 amide bonds. The van der Waals surface area contributed by atoms with E-state index < -0.39 is 28.1 Å². The van der Waals surface area contributed by atoms with Crippen molar-refractivity contribution in [2.75, 3.05) is 5.73 Å². The number of pyridine rings is 1. The Hall–Kier alpha value is -3.43. The van der Waals surface area contributed by atoms with Crippen molar-refractivity contribution < 1.29 is 23.6 Å². The minimum Gasteiger partial charge on any atom is -0.447 e. The van der Waals surface area contributed by atoms with Gasteiger partial charge in [0.05, 0.1) is 4.92 Å². The number of hydrogen-bond donors (Lipinski definition) is 2. The van der Waals surface area contributed by atoms with Gasteiger partial charge in [-0.15, -0.1) is 0 Å². The van der Waals surface area contributed by atoms with E-state index in [1.807, 2.05) is 0 Å². The molecule has 0 aliphatic carbocycles. The van der Waals surface area contributed by atoms with Crippen LogP contribution < -0.4 is 20.5 Å². The number of rotatable bonds is 4. The highest BCUT2D eigenvalue weighted by atomic mass is 19.1. The summed E-state index contributed by atoms with van der Waals surface area (Å²) >= 11 is 0. The number of nitrogens with two attached hydrogens (primary N) is 1. The number of nitrogen functional groups attached to an aromatic ring is 1. The van der Waals surface area contributed by atoms with E-state index in [0.717, 1.165) is 6.07 Å². The Morgan fingerprint density at radius 1 is 1.31 bits per heavy atom. The van der Waals surface area contributed by atoms with Crippen LogP contribution in [0, 0.1) is 15.9 Å². The van der Waals surface area contributed by atoms with Crippen LogP contribution in [0.25, 0.3) is 0 Å². The number of ether oxygens (including phenoxy) is 2. The normalized spacial score (nSPS) is 10.9. The lowest BCUT2D eigenvalue weighted by Gasteiger charge is -2.19. The molecule has 0 radical (unpaired) electrons. The van der Waals surface area contributed by atoms with Gasteiger partial charge in [0.2, 0.25) is 11.6 Å². The van der Waals surface area contributed by atoms with Gasteiger partial charge >= 0.3 is 11.8 Å². The van der Waals surface area contributed by atoms with Gasteiger partial charge < -0.3 is 20.5 Å². The van der Waals surface area contributed by atoms with Crippen LogP contribution in [0.15, 0.2) is 30.5 Å². The molecule has 0 spiro atoms. The van der Waals surface area contributed by atoms with E-state index in [2.05, 4.69) is 10.3 Å². The predicted octanol–water partition coefficient (Wildman–Crippen LogP) is 3.39. The molecule has 0 aliphatic heterocycles. The molecule has 0 unspecified atom stereocenters. The summed E-state index contributed by atoms with van der Waals surface area (Å²) < 4.78 is 24.4. The van der Waals surface area contributed by atoms with E-state index in [4.69, 9.17) is 15.2 Å². The van der Waals surface area contributed by atoms with Crippen molar-refractivity contribution in [2.45, 2.75) is 26.3 Å². The van der Waals surface area contributed by atoms with Crippen LogP contribution in [0.4, 0.5) is 20.7 Å². The summed E-state index contributed by atoms with van der Waals surface area (Å²) in [5.74, 6) is -1.86. The number of nitrogens with one attached hydrogen (secondary N) is 1. The van der Waals surface area contributed by atoms with Gasteiger partial charge in [0.15, 0.2) is 11.6 Å². The fraction of sp³-hybridized carbons (Fsp3) is 0.250. The number of benzene rings is 1. The van der Waals surface area contributed by atoms with Crippen LogP contribution in [-0.4, -0.2) is 21.5 Å². The van der Waals surface area contributed by atoms with Crippen LogP contribution in [0.1, 0.15) is 20.8 Å². The van der Waals surface area contributed by atoms with Gasteiger partial charge in [0.25, 0.3) is 0 Å². The summed E-state index contributed by atoms with van der Waals surface area (Å²) in [6.45, 7) is 5.29. The minimum atomic E-state index is -0.879. The molecule has 1 heterocycles. The molecule has 0 bridgehead atoms. The van der Waals surface area contributed by atoms with Crippen LogP contribution in [0.5, 0.6) is 17.2 Å². The Labute approximate surface area is 148 Å². The van der Waals surface area contributed by atoms with Crippen LogP contribution >= 0.6 is 0 Å². The quantitative estimate of drug-likeness (QED) is 0.628. The van der Waals surface area contributed by atoms with E-state index in [0.29, 0.717) is 0 Å². The first-order chi connectivity index (χ1) is 12.1. The summed E-state index contributed by atoms with van der Waals surface area (Å²) in [5, 5.41) is 13.6. The van der Waals surface area contributed by atoms with Crippen LogP contribution in [0.2, 0.25) is 0 Å². The first-order valence-corrected chi connectivity index (χ1v) is 7.43. The second-order valence-corrected chi connectivity index (χ2v) is 6.26. The number of hydrogen-bond acceptors (Lipinski definition) is 7. The zero-order chi connectivity index (χ0) is 19.5. The molecule has 1 aromatic carbocycles. The lowest BCUT2D eigenvalue weighted by atomic mass is 10.1. The number of carbonyl (C=O) groups is 1. The molecule has 0 saturated carbocycles. The Morgan fingerprint density at radius 2 is 2.00 bits per heavy atom. The zero-order valence-electron chi connectivity index (χ0n) is 14.3. The largest absolute Gasteiger partial charge is 0.447 e. The Kier molecular flexibility index (Phi) is 5.24. The molecule has 26 heavy (non-hydrogen) atoms. The van der Waals surface area contributed by atoms with Crippen molar-refractivity contribution in [3.05, 3.63) is 46.4 Å². The summed E-state index contributed by atoms with van der Waals surface area (Å²) in [5.41, 5.74) is 4.36. The molecule has 138 valence electrons. The molecule has 3 N–H and O–H groups in total. The molecule has 10 heteroatoms. The average Bonchev–Trinajstić information content (AvgIpc) is 2.47. The first kappa shape index (κ1) is 18.9. The molecule has 1 aromatic heterocycles. The zero-order valence-corrected chi connectivity index (χ0v) is 14.3. The maximum atomic E-state index is 14.2. The summed E-state index contributed by atoms with van der Waals surface area (Å²) in [6.07, 6.45) is 0.451. The number of halogens is 1. The minimum absolute atomic E-state index is 0.0552. The first-order valence-electron chi connectivity index (χ1n) is 7.43. The van der Waals surface area contributed by atoms with E-state index in [1.54, 1.807) is 20.8 Å². The summed E-state index contributed by atoms with van der Waals surface area (Å²) in [4.78, 5) is 25.6. The van der Waals surface area contributed by atoms with Crippen molar-refractivity contribution in [1.82, 2.24) is 10.3 Å². The molecule has 0 saturated heterocycles. The topological polar surface area (TPSA) is 130 Å². The van der Waals surface area contributed by atoms with Crippen molar-refractivity contribution in [3.8, 4) is 17.2 Å². The number of nitro groups is 1. The SMILES string of the molecule is CC(C)(C)NC(=O)Oc1ccc(Oc2ccnc(N)c2[N+](=O)[O-])c(F)c1. The third-order valence-corrected chi connectivity index (χ3v) is 2.91. The maximum absolute atomic E-state index is 14.2. The van der Waals surface area contributed by atoms with Gasteiger partial charge in [0, 0.05) is 23.9 Å². The third kappa shape index (κ3) is 4.79. The second kappa shape index (κ2) is 7.21. The predicted molar refractivity (Wildman–Crippen MR) is 90.7 cm³/mol. The number of aromatic nitrogens is 1. The monoisotopic (exact) mass is 364 g/mol. The Bertz CT molecular complexity index is 851. The average molecular weight is 364 g/mol. The van der Waals surface area contributed by atoms with Gasteiger partial charge in [-0.05, 0) is 32.9 Å². The standard InChI is InChI=1S/C16H17FN4O5/c1-16(2,3)20-15(22)25-9-4-5-11(10(17)8-9)26-12-6-7-19-14(18)13(12)21(23)24/h4-8H,1-3H3,(H2,18,19)(H,20,22). The van der Waals surface area contributed by atoms with E-state index >= 15 is 0 Å². The van der Waals surface area contributed by atoms with Crippen LogP contribution in [0.3, 0.4) is 0 Å². The molecule has 0 atom stereocenters. The van der Waals surface area contributed by atoms with Crippen LogP contribution in [-0.2, 0) is 0 Å². The fourth-order valence-electron chi connectivity index (χ4n) is 1.90. The van der Waals surface area contributed by atoms with Gasteiger partial charge in [-0.25, -0.2) is 14.2 Å². The lowest BCUT2D eigenvalue weighted by Crippen LogP contribution is -2.42. The molecule has 2 aromatic rings. The van der Waals surface area contributed by atoms with Gasteiger partial charge in [-0.1, -0.05) is 0 Å². The van der Waals surface area contributed by atoms with Crippen molar-refractivity contribution >= 4 is 17.6 Å². The smallest absolute Gasteiger partial charge is 0.413 e. The number of nitrogens with zero attached hydrogens (tertiary/aromatic N) is 2. The van der Waals surface area contributed by atoms with Gasteiger partial charge in [-0.2, -0.15) is 0 Å². The van der Waals surface area contributed by atoms with E-state index in [9.17, 15) is 19.3 Å². The molecule has 2 rings (SSSR count). The lowest BCUT2D eigenvalue weighted by molar-refractivity contribution is -0.384. The molecule has 0 aliphatic rings. The van der Waals surface area contributed by atoms with Gasteiger partial charge in [0.1, 0.15) is 5.75 Å². The number of anilines is 1. The van der Waals surface area contributed by atoms with Crippen molar-refractivity contribution in [2.24, 2.45) is 0 Å². The highest BCUT2D eigenvalue weighted by Crippen LogP contribution is 2.36. The van der Waals surface area contributed by atoms with E-state index in [-0.39, 0.29) is 23.1 Å². The molecule has 0 fully saturated rings. The van der Waals surface area contributed by atoms with Gasteiger partial charge in [-0.3, -0.25) is 10.1 Å². The molecular formula is C16H17FN4O5.